The van der Waals surface area contributed by atoms with Crippen LogP contribution < -0.4 is 5.32 Å². The summed E-state index contributed by atoms with van der Waals surface area (Å²) in [7, 11) is 0. The highest BCUT2D eigenvalue weighted by atomic mass is 35.5. The van der Waals surface area contributed by atoms with Crippen molar-refractivity contribution in [2.24, 2.45) is 0 Å². The zero-order valence-corrected chi connectivity index (χ0v) is 16.2. The number of para-hydroxylation sites is 1. The molecule has 0 aliphatic rings. The van der Waals surface area contributed by atoms with Gasteiger partial charge in [-0.3, -0.25) is 0 Å². The van der Waals surface area contributed by atoms with Crippen molar-refractivity contribution < 1.29 is 0 Å². The zero-order chi connectivity index (χ0) is 18.1. The highest BCUT2D eigenvalue weighted by Gasteiger charge is 2.18. The Bertz CT molecular complexity index is 1060. The molecule has 3 nitrogen and oxygen atoms in total. The summed E-state index contributed by atoms with van der Waals surface area (Å²) in [5, 5.41) is 4.68. The number of aryl methyl sites for hydroxylation is 2. The summed E-state index contributed by atoms with van der Waals surface area (Å²) in [5.74, 6) is 0.741. The standard InChI is InChI=1S/C21H18ClN3S/c1-3-14-9-11-15(12-10-14)17-13(2)26-20-18(17)19(24-21(22)25-20)23-16-7-5-4-6-8-16/h4-12H,3H2,1-2H3,(H,23,24,25). The van der Waals surface area contributed by atoms with Crippen molar-refractivity contribution in [3.63, 3.8) is 0 Å². The van der Waals surface area contributed by atoms with Gasteiger partial charge in [0, 0.05) is 16.1 Å². The van der Waals surface area contributed by atoms with Crippen LogP contribution in [0, 0.1) is 6.92 Å². The number of benzene rings is 2. The second-order valence-corrected chi connectivity index (χ2v) is 7.64. The molecule has 0 radical (unpaired) electrons. The maximum atomic E-state index is 6.18. The third-order valence-corrected chi connectivity index (χ3v) is 5.56. The van der Waals surface area contributed by atoms with E-state index < -0.39 is 0 Å². The Morgan fingerprint density at radius 3 is 2.42 bits per heavy atom. The summed E-state index contributed by atoms with van der Waals surface area (Å²) in [5.41, 5.74) is 4.64. The molecule has 26 heavy (non-hydrogen) atoms. The van der Waals surface area contributed by atoms with E-state index in [1.165, 1.54) is 21.6 Å². The lowest BCUT2D eigenvalue weighted by atomic mass is 10.0. The molecule has 130 valence electrons. The Hall–Kier alpha value is -2.43. The second kappa shape index (κ2) is 7.06. The highest BCUT2D eigenvalue weighted by Crippen LogP contribution is 2.41. The fourth-order valence-corrected chi connectivity index (χ4v) is 4.35. The molecule has 0 aliphatic carbocycles. The van der Waals surface area contributed by atoms with E-state index in [9.17, 15) is 0 Å². The third kappa shape index (κ3) is 3.18. The van der Waals surface area contributed by atoms with Crippen LogP contribution >= 0.6 is 22.9 Å². The monoisotopic (exact) mass is 379 g/mol. The van der Waals surface area contributed by atoms with E-state index in [4.69, 9.17) is 11.6 Å². The number of thiophene rings is 1. The van der Waals surface area contributed by atoms with E-state index in [0.717, 1.165) is 28.1 Å². The van der Waals surface area contributed by atoms with Crippen molar-refractivity contribution in [2.75, 3.05) is 5.32 Å². The highest BCUT2D eigenvalue weighted by molar-refractivity contribution is 7.19. The van der Waals surface area contributed by atoms with E-state index >= 15 is 0 Å². The van der Waals surface area contributed by atoms with E-state index in [1.807, 2.05) is 30.3 Å². The number of fused-ring (bicyclic) bond motifs is 1. The van der Waals surface area contributed by atoms with Crippen LogP contribution in [0.15, 0.2) is 54.6 Å². The minimum absolute atomic E-state index is 0.255. The molecule has 2 aromatic heterocycles. The number of aromatic nitrogens is 2. The molecule has 0 aliphatic heterocycles. The summed E-state index contributed by atoms with van der Waals surface area (Å²) in [6, 6.07) is 18.7. The van der Waals surface area contributed by atoms with Crippen LogP contribution in [0.3, 0.4) is 0 Å². The summed E-state index contributed by atoms with van der Waals surface area (Å²) < 4.78 is 0. The van der Waals surface area contributed by atoms with Gasteiger partial charge in [-0.25, -0.2) is 4.98 Å². The van der Waals surface area contributed by atoms with Gasteiger partial charge in [0.2, 0.25) is 5.28 Å². The lowest BCUT2D eigenvalue weighted by Crippen LogP contribution is -1.96. The number of rotatable bonds is 4. The van der Waals surface area contributed by atoms with Crippen molar-refractivity contribution >= 4 is 44.7 Å². The lowest BCUT2D eigenvalue weighted by Gasteiger charge is -2.10. The molecule has 4 rings (SSSR count). The van der Waals surface area contributed by atoms with Gasteiger partial charge in [0.05, 0.1) is 5.39 Å². The van der Waals surface area contributed by atoms with E-state index in [0.29, 0.717) is 0 Å². The molecule has 0 spiro atoms. The molecule has 0 saturated carbocycles. The largest absolute Gasteiger partial charge is 0.340 e. The first-order valence-corrected chi connectivity index (χ1v) is 9.73. The number of nitrogens with one attached hydrogen (secondary N) is 1. The number of hydrogen-bond donors (Lipinski definition) is 1. The van der Waals surface area contributed by atoms with Gasteiger partial charge in [-0.1, -0.05) is 49.4 Å². The topological polar surface area (TPSA) is 37.8 Å². The Morgan fingerprint density at radius 1 is 1.00 bits per heavy atom. The fourth-order valence-electron chi connectivity index (χ4n) is 3.09. The summed E-state index contributed by atoms with van der Waals surface area (Å²) in [6.45, 7) is 4.29. The fraction of sp³-hybridized carbons (Fsp3) is 0.143. The number of nitrogens with zero attached hydrogens (tertiary/aromatic N) is 2. The molecule has 0 amide bonds. The number of halogens is 1. The Labute approximate surface area is 161 Å². The van der Waals surface area contributed by atoms with Gasteiger partial charge in [0.15, 0.2) is 0 Å². The smallest absolute Gasteiger partial charge is 0.225 e. The molecule has 0 saturated heterocycles. The molecule has 0 bridgehead atoms. The SMILES string of the molecule is CCc1ccc(-c2c(C)sc3nc(Cl)nc(Nc4ccccc4)c23)cc1. The first kappa shape index (κ1) is 17.0. The van der Waals surface area contributed by atoms with Gasteiger partial charge < -0.3 is 5.32 Å². The molecule has 4 aromatic rings. The number of hydrogen-bond acceptors (Lipinski definition) is 4. The predicted octanol–water partition coefficient (Wildman–Crippen LogP) is 6.63. The zero-order valence-electron chi connectivity index (χ0n) is 14.6. The predicted molar refractivity (Wildman–Crippen MR) is 112 cm³/mol. The molecule has 1 N–H and O–H groups in total. The van der Waals surface area contributed by atoms with Crippen molar-refractivity contribution in [1.82, 2.24) is 9.97 Å². The molecule has 0 unspecified atom stereocenters. The Kier molecular flexibility index (Phi) is 4.62. The van der Waals surface area contributed by atoms with Crippen molar-refractivity contribution in [3.8, 4) is 11.1 Å². The van der Waals surface area contributed by atoms with Crippen LogP contribution in [-0.4, -0.2) is 9.97 Å². The molecular formula is C21H18ClN3S. The van der Waals surface area contributed by atoms with Crippen LogP contribution in [0.1, 0.15) is 17.4 Å². The molecular weight excluding hydrogens is 362 g/mol. The van der Waals surface area contributed by atoms with Crippen molar-refractivity contribution in [1.29, 1.82) is 0 Å². The maximum Gasteiger partial charge on any atom is 0.225 e. The average molecular weight is 380 g/mol. The summed E-state index contributed by atoms with van der Waals surface area (Å²) >= 11 is 7.83. The Morgan fingerprint density at radius 2 is 1.73 bits per heavy atom. The normalized spacial score (nSPS) is 11.0. The maximum absolute atomic E-state index is 6.18. The van der Waals surface area contributed by atoms with Gasteiger partial charge in [-0.2, -0.15) is 4.98 Å². The van der Waals surface area contributed by atoms with Crippen LogP contribution in [0.4, 0.5) is 11.5 Å². The Balaban J connectivity index is 1.91. The van der Waals surface area contributed by atoms with Crippen LogP contribution in [-0.2, 0) is 6.42 Å². The molecule has 2 aromatic carbocycles. The van der Waals surface area contributed by atoms with Crippen LogP contribution in [0.2, 0.25) is 5.28 Å². The molecule has 0 fully saturated rings. The minimum atomic E-state index is 0.255. The van der Waals surface area contributed by atoms with E-state index in [1.54, 1.807) is 11.3 Å². The average Bonchev–Trinajstić information content (AvgIpc) is 2.98. The van der Waals surface area contributed by atoms with Crippen LogP contribution in [0.25, 0.3) is 21.3 Å². The van der Waals surface area contributed by atoms with Gasteiger partial charge in [-0.15, -0.1) is 11.3 Å². The summed E-state index contributed by atoms with van der Waals surface area (Å²) in [4.78, 5) is 11.0. The van der Waals surface area contributed by atoms with E-state index in [-0.39, 0.29) is 5.28 Å². The third-order valence-electron chi connectivity index (χ3n) is 4.39. The van der Waals surface area contributed by atoms with Gasteiger partial charge >= 0.3 is 0 Å². The molecule has 5 heteroatoms. The second-order valence-electron chi connectivity index (χ2n) is 6.10. The van der Waals surface area contributed by atoms with Gasteiger partial charge in [0.1, 0.15) is 10.6 Å². The quantitative estimate of drug-likeness (QED) is 0.404. The van der Waals surface area contributed by atoms with Crippen molar-refractivity contribution in [2.45, 2.75) is 20.3 Å². The van der Waals surface area contributed by atoms with E-state index in [2.05, 4.69) is 53.4 Å². The molecule has 2 heterocycles. The summed E-state index contributed by atoms with van der Waals surface area (Å²) in [6.07, 6.45) is 1.03. The van der Waals surface area contributed by atoms with Gasteiger partial charge in [0.25, 0.3) is 0 Å². The lowest BCUT2D eigenvalue weighted by molar-refractivity contribution is 1.14. The minimum Gasteiger partial charge on any atom is -0.340 e. The number of anilines is 2. The van der Waals surface area contributed by atoms with Crippen molar-refractivity contribution in [3.05, 3.63) is 70.3 Å². The first-order chi connectivity index (χ1) is 12.7. The van der Waals surface area contributed by atoms with Crippen LogP contribution in [0.5, 0.6) is 0 Å². The van der Waals surface area contributed by atoms with Gasteiger partial charge in [-0.05, 0) is 48.2 Å². The molecule has 0 atom stereocenters. The first-order valence-electron chi connectivity index (χ1n) is 8.53.